The van der Waals surface area contributed by atoms with Gasteiger partial charge in [-0.25, -0.2) is 0 Å². The SMILES string of the molecule is CN1CCCN(CCCN2c3ccccc3Sc3ccccc32)CC1. The smallest absolute Gasteiger partial charge is 0.0552 e. The lowest BCUT2D eigenvalue weighted by Gasteiger charge is -2.33. The molecule has 4 heteroatoms. The molecular weight excluding hydrogens is 326 g/mol. The van der Waals surface area contributed by atoms with Gasteiger partial charge in [-0.3, -0.25) is 0 Å². The van der Waals surface area contributed by atoms with Crippen molar-refractivity contribution >= 4 is 23.1 Å². The van der Waals surface area contributed by atoms with Gasteiger partial charge in [-0.15, -0.1) is 0 Å². The molecule has 0 atom stereocenters. The molecule has 2 aromatic rings. The lowest BCUT2D eigenvalue weighted by molar-refractivity contribution is 0.275. The van der Waals surface area contributed by atoms with Crippen LogP contribution in [0.4, 0.5) is 11.4 Å². The van der Waals surface area contributed by atoms with Gasteiger partial charge in [0.1, 0.15) is 0 Å². The molecule has 3 nitrogen and oxygen atoms in total. The molecule has 0 unspecified atom stereocenters. The monoisotopic (exact) mass is 353 g/mol. The molecule has 0 aromatic heterocycles. The van der Waals surface area contributed by atoms with Crippen LogP contribution in [0.25, 0.3) is 0 Å². The highest BCUT2D eigenvalue weighted by atomic mass is 32.2. The van der Waals surface area contributed by atoms with Crippen molar-refractivity contribution < 1.29 is 0 Å². The zero-order chi connectivity index (χ0) is 17.1. The third kappa shape index (κ3) is 3.86. The average Bonchev–Trinajstić information content (AvgIpc) is 2.85. The molecule has 0 aliphatic carbocycles. The van der Waals surface area contributed by atoms with E-state index < -0.39 is 0 Å². The molecule has 2 aliphatic heterocycles. The van der Waals surface area contributed by atoms with Crippen LogP contribution in [0.2, 0.25) is 0 Å². The van der Waals surface area contributed by atoms with Crippen LogP contribution in [-0.4, -0.2) is 56.1 Å². The third-order valence-electron chi connectivity index (χ3n) is 5.20. The second kappa shape index (κ2) is 7.81. The van der Waals surface area contributed by atoms with Crippen molar-refractivity contribution in [1.29, 1.82) is 0 Å². The van der Waals surface area contributed by atoms with Crippen molar-refractivity contribution in [3.05, 3.63) is 48.5 Å². The van der Waals surface area contributed by atoms with Gasteiger partial charge in [-0.05, 0) is 63.8 Å². The van der Waals surface area contributed by atoms with Crippen molar-refractivity contribution in [3.8, 4) is 0 Å². The van der Waals surface area contributed by atoms with Crippen LogP contribution in [0.15, 0.2) is 58.3 Å². The number of rotatable bonds is 4. The molecule has 0 saturated carbocycles. The molecule has 2 heterocycles. The molecule has 0 amide bonds. The molecule has 0 spiro atoms. The van der Waals surface area contributed by atoms with Crippen LogP contribution in [0.5, 0.6) is 0 Å². The minimum Gasteiger partial charge on any atom is -0.340 e. The Morgan fingerprint density at radius 2 is 1.48 bits per heavy atom. The molecule has 0 N–H and O–H groups in total. The van der Waals surface area contributed by atoms with Gasteiger partial charge in [0.2, 0.25) is 0 Å². The highest BCUT2D eigenvalue weighted by Gasteiger charge is 2.22. The maximum Gasteiger partial charge on any atom is 0.0552 e. The fourth-order valence-corrected chi connectivity index (χ4v) is 4.89. The number of hydrogen-bond donors (Lipinski definition) is 0. The molecule has 0 radical (unpaired) electrons. The molecule has 4 rings (SSSR count). The molecule has 1 fully saturated rings. The van der Waals surface area contributed by atoms with Crippen LogP contribution >= 0.6 is 11.8 Å². The van der Waals surface area contributed by atoms with E-state index in [1.807, 2.05) is 11.8 Å². The lowest BCUT2D eigenvalue weighted by Crippen LogP contribution is -2.32. The summed E-state index contributed by atoms with van der Waals surface area (Å²) in [6.07, 6.45) is 2.50. The Kier molecular flexibility index (Phi) is 5.30. The van der Waals surface area contributed by atoms with Gasteiger partial charge in [0.25, 0.3) is 0 Å². The summed E-state index contributed by atoms with van der Waals surface area (Å²) in [6.45, 7) is 7.17. The predicted molar refractivity (Wildman–Crippen MR) is 107 cm³/mol. The quantitative estimate of drug-likeness (QED) is 0.809. The van der Waals surface area contributed by atoms with Crippen molar-refractivity contribution in [2.45, 2.75) is 22.6 Å². The van der Waals surface area contributed by atoms with E-state index in [4.69, 9.17) is 0 Å². The second-order valence-electron chi connectivity index (χ2n) is 7.04. The van der Waals surface area contributed by atoms with E-state index in [2.05, 4.69) is 70.3 Å². The van der Waals surface area contributed by atoms with E-state index in [0.29, 0.717) is 0 Å². The van der Waals surface area contributed by atoms with Gasteiger partial charge >= 0.3 is 0 Å². The Hall–Kier alpha value is -1.49. The summed E-state index contributed by atoms with van der Waals surface area (Å²) in [5, 5.41) is 0. The van der Waals surface area contributed by atoms with Crippen molar-refractivity contribution in [2.75, 3.05) is 51.2 Å². The van der Waals surface area contributed by atoms with Crippen LogP contribution < -0.4 is 4.90 Å². The lowest BCUT2D eigenvalue weighted by atomic mass is 10.2. The maximum atomic E-state index is 2.64. The Bertz CT molecular complexity index is 672. The molecule has 2 aromatic carbocycles. The standard InChI is InChI=1S/C21H27N3S/c1-22-12-6-13-23(17-16-22)14-7-15-24-18-8-2-4-10-20(18)25-21-11-5-3-9-19(21)24/h2-5,8-11H,6-7,12-17H2,1H3. The largest absolute Gasteiger partial charge is 0.340 e. The Labute approximate surface area is 155 Å². The van der Waals surface area contributed by atoms with Crippen molar-refractivity contribution in [1.82, 2.24) is 9.80 Å². The van der Waals surface area contributed by atoms with Gasteiger partial charge in [0.15, 0.2) is 0 Å². The summed E-state index contributed by atoms with van der Waals surface area (Å²) in [4.78, 5) is 10.4. The van der Waals surface area contributed by atoms with E-state index >= 15 is 0 Å². The van der Waals surface area contributed by atoms with Gasteiger partial charge in [-0.2, -0.15) is 0 Å². The highest BCUT2D eigenvalue weighted by Crippen LogP contribution is 2.47. The number of benzene rings is 2. The number of anilines is 2. The summed E-state index contributed by atoms with van der Waals surface area (Å²) >= 11 is 1.89. The summed E-state index contributed by atoms with van der Waals surface area (Å²) in [7, 11) is 2.24. The molecule has 25 heavy (non-hydrogen) atoms. The van der Waals surface area contributed by atoms with Gasteiger partial charge in [0, 0.05) is 29.4 Å². The number of fused-ring (bicyclic) bond motifs is 2. The number of likely N-dealkylation sites (N-methyl/N-ethyl adjacent to an activating group) is 1. The first-order valence-electron chi connectivity index (χ1n) is 9.35. The van der Waals surface area contributed by atoms with Crippen LogP contribution in [0, 0.1) is 0 Å². The molecule has 1 saturated heterocycles. The molecule has 2 aliphatic rings. The summed E-state index contributed by atoms with van der Waals surface area (Å²) < 4.78 is 0. The van der Waals surface area contributed by atoms with Gasteiger partial charge in [-0.1, -0.05) is 36.0 Å². The van der Waals surface area contributed by atoms with Crippen LogP contribution in [-0.2, 0) is 0 Å². The zero-order valence-electron chi connectivity index (χ0n) is 15.0. The van der Waals surface area contributed by atoms with E-state index in [0.717, 1.165) is 6.54 Å². The van der Waals surface area contributed by atoms with E-state index in [1.165, 1.54) is 66.7 Å². The molecule has 0 bridgehead atoms. The third-order valence-corrected chi connectivity index (χ3v) is 6.33. The molecule has 132 valence electrons. The minimum atomic E-state index is 1.08. The van der Waals surface area contributed by atoms with E-state index in [-0.39, 0.29) is 0 Å². The summed E-state index contributed by atoms with van der Waals surface area (Å²) in [5.41, 5.74) is 2.73. The fourth-order valence-electron chi connectivity index (χ4n) is 3.80. The van der Waals surface area contributed by atoms with E-state index in [9.17, 15) is 0 Å². The highest BCUT2D eigenvalue weighted by molar-refractivity contribution is 7.99. The van der Waals surface area contributed by atoms with Crippen molar-refractivity contribution in [3.63, 3.8) is 0 Å². The molecular formula is C21H27N3S. The average molecular weight is 354 g/mol. The topological polar surface area (TPSA) is 9.72 Å². The predicted octanol–water partition coefficient (Wildman–Crippen LogP) is 4.32. The van der Waals surface area contributed by atoms with E-state index in [1.54, 1.807) is 0 Å². The number of hydrogen-bond acceptors (Lipinski definition) is 4. The fraction of sp³-hybridized carbons (Fsp3) is 0.429. The zero-order valence-corrected chi connectivity index (χ0v) is 15.8. The summed E-state index contributed by atoms with van der Waals surface area (Å²) in [6, 6.07) is 17.6. The summed E-state index contributed by atoms with van der Waals surface area (Å²) in [5.74, 6) is 0. The number of para-hydroxylation sites is 2. The van der Waals surface area contributed by atoms with Crippen molar-refractivity contribution in [2.24, 2.45) is 0 Å². The maximum absolute atomic E-state index is 2.64. The first-order chi connectivity index (χ1) is 12.3. The van der Waals surface area contributed by atoms with Gasteiger partial charge in [0.05, 0.1) is 11.4 Å². The minimum absolute atomic E-state index is 1.08. The first-order valence-corrected chi connectivity index (χ1v) is 10.2. The first kappa shape index (κ1) is 17.0. The van der Waals surface area contributed by atoms with Crippen LogP contribution in [0.1, 0.15) is 12.8 Å². The Morgan fingerprint density at radius 3 is 2.20 bits per heavy atom. The normalized spacial score (nSPS) is 18.5. The Morgan fingerprint density at radius 1 is 0.800 bits per heavy atom. The van der Waals surface area contributed by atoms with Crippen LogP contribution in [0.3, 0.4) is 0 Å². The number of nitrogens with zero attached hydrogens (tertiary/aromatic N) is 3. The van der Waals surface area contributed by atoms with Gasteiger partial charge < -0.3 is 14.7 Å². The Balaban J connectivity index is 1.45. The second-order valence-corrected chi connectivity index (χ2v) is 8.12.